The van der Waals surface area contributed by atoms with Crippen molar-refractivity contribution in [2.75, 3.05) is 11.9 Å². The number of allylic oxidation sites excluding steroid dienone is 1. The molecule has 0 bridgehead atoms. The molecule has 0 unspecified atom stereocenters. The molecule has 1 N–H and O–H groups in total. The van der Waals surface area contributed by atoms with E-state index in [1.807, 2.05) is 13.0 Å². The van der Waals surface area contributed by atoms with Crippen molar-refractivity contribution in [3.8, 4) is 0 Å². The Morgan fingerprint density at radius 1 is 0.897 bits per heavy atom. The molecule has 0 spiro atoms. The third-order valence-electron chi connectivity index (χ3n) is 7.08. The van der Waals surface area contributed by atoms with Crippen molar-refractivity contribution in [1.29, 1.82) is 0 Å². The van der Waals surface area contributed by atoms with Crippen molar-refractivity contribution in [2.24, 2.45) is 0 Å². The highest BCUT2D eigenvalue weighted by atomic mass is 32.2. The van der Waals surface area contributed by atoms with E-state index in [1.54, 1.807) is 12.1 Å². The first kappa shape index (κ1) is 28.3. The molecule has 4 aromatic rings. The van der Waals surface area contributed by atoms with Crippen LogP contribution in [-0.4, -0.2) is 29.8 Å². The highest BCUT2D eigenvalue weighted by Crippen LogP contribution is 2.44. The van der Waals surface area contributed by atoms with Gasteiger partial charge in [0.25, 0.3) is 0 Å². The van der Waals surface area contributed by atoms with E-state index in [0.29, 0.717) is 0 Å². The summed E-state index contributed by atoms with van der Waals surface area (Å²) in [6.45, 7) is 9.81. The Balaban J connectivity index is 0.000000270. The molecule has 0 atom stereocenters. The Bertz CT molecular complexity index is 1600. The van der Waals surface area contributed by atoms with Crippen molar-refractivity contribution in [3.63, 3.8) is 0 Å². The first-order valence-corrected chi connectivity index (χ1v) is 14.7. The lowest BCUT2D eigenvalue weighted by Gasteiger charge is -2.15. The zero-order valence-corrected chi connectivity index (χ0v) is 23.8. The van der Waals surface area contributed by atoms with Crippen LogP contribution in [-0.2, 0) is 15.5 Å². The average Bonchev–Trinajstić information content (AvgIpc) is 3.14. The summed E-state index contributed by atoms with van der Waals surface area (Å²) in [4.78, 5) is -0.178. The number of nitrogens with zero attached hydrogens (tertiary/aromatic N) is 1. The summed E-state index contributed by atoms with van der Waals surface area (Å²) in [5, 5.41) is 6.08. The number of nitrogens with one attached hydrogen (secondary N) is 1. The van der Waals surface area contributed by atoms with Gasteiger partial charge in [0.1, 0.15) is 16.7 Å². The van der Waals surface area contributed by atoms with Crippen molar-refractivity contribution in [3.05, 3.63) is 114 Å². The summed E-state index contributed by atoms with van der Waals surface area (Å²) in [5.74, 6) is 0. The van der Waals surface area contributed by atoms with Crippen molar-refractivity contribution in [2.45, 2.75) is 50.8 Å². The first-order valence-electron chi connectivity index (χ1n) is 13.3. The number of fused-ring (bicyclic) bond motifs is 3. The molecule has 5 nitrogen and oxygen atoms in total. The van der Waals surface area contributed by atoms with Crippen LogP contribution in [0.25, 0.3) is 10.8 Å². The molecule has 6 heteroatoms. The number of aryl methyl sites for hydroxylation is 1. The van der Waals surface area contributed by atoms with Gasteiger partial charge in [-0.15, -0.1) is 0 Å². The molecular formula is C33H36N2O3S. The Morgan fingerprint density at radius 2 is 1.56 bits per heavy atom. The number of anilines is 1. The van der Waals surface area contributed by atoms with Gasteiger partial charge in [0.2, 0.25) is 5.69 Å². The second-order valence-corrected chi connectivity index (χ2v) is 11.7. The maximum absolute atomic E-state index is 10.4. The molecule has 1 aliphatic heterocycles. The van der Waals surface area contributed by atoms with Crippen LogP contribution in [0.4, 0.5) is 11.4 Å². The Kier molecular flexibility index (Phi) is 8.68. The van der Waals surface area contributed by atoms with Gasteiger partial charge in [0, 0.05) is 29.9 Å². The molecular weight excluding hydrogens is 504 g/mol. The molecule has 0 amide bonds. The largest absolute Gasteiger partial charge is 0.744 e. The Hall–Kier alpha value is -3.74. The fourth-order valence-electron chi connectivity index (χ4n) is 4.95. The van der Waals surface area contributed by atoms with E-state index in [9.17, 15) is 13.0 Å². The minimum atomic E-state index is -4.27. The first-order chi connectivity index (χ1) is 18.6. The van der Waals surface area contributed by atoms with Crippen LogP contribution in [0.2, 0.25) is 0 Å². The smallest absolute Gasteiger partial charge is 0.217 e. The van der Waals surface area contributed by atoms with Gasteiger partial charge >= 0.3 is 0 Å². The summed E-state index contributed by atoms with van der Waals surface area (Å²) < 4.78 is 33.7. The highest BCUT2D eigenvalue weighted by molar-refractivity contribution is 7.85. The second-order valence-electron chi connectivity index (χ2n) is 10.3. The minimum Gasteiger partial charge on any atom is -0.744 e. The molecule has 1 aliphatic rings. The fourth-order valence-corrected chi connectivity index (χ4v) is 5.42. The van der Waals surface area contributed by atoms with E-state index < -0.39 is 10.1 Å². The predicted molar refractivity (Wildman–Crippen MR) is 160 cm³/mol. The van der Waals surface area contributed by atoms with Crippen LogP contribution in [0, 0.1) is 6.92 Å². The third kappa shape index (κ3) is 6.47. The summed E-state index contributed by atoms with van der Waals surface area (Å²) in [7, 11) is -4.27. The number of unbranched alkanes of at least 4 members (excludes halogenated alkanes) is 1. The number of rotatable bonds is 7. The van der Waals surface area contributed by atoms with E-state index in [4.69, 9.17) is 0 Å². The maximum Gasteiger partial charge on any atom is 0.217 e. The van der Waals surface area contributed by atoms with Crippen molar-refractivity contribution < 1.29 is 17.5 Å². The number of para-hydroxylation sites is 1. The fraction of sp³-hybridized carbons (Fsp3) is 0.242. The van der Waals surface area contributed by atoms with Crippen molar-refractivity contribution >= 4 is 38.0 Å². The third-order valence-corrected chi connectivity index (χ3v) is 7.93. The van der Waals surface area contributed by atoms with Gasteiger partial charge in [-0.05, 0) is 56.5 Å². The van der Waals surface area contributed by atoms with Gasteiger partial charge in [-0.1, -0.05) is 79.6 Å². The van der Waals surface area contributed by atoms with Gasteiger partial charge < -0.3 is 9.87 Å². The van der Waals surface area contributed by atoms with E-state index >= 15 is 0 Å². The summed E-state index contributed by atoms with van der Waals surface area (Å²) in [5.41, 5.74) is 6.17. The molecule has 0 radical (unpaired) electrons. The van der Waals surface area contributed by atoms with E-state index in [0.717, 1.165) is 17.8 Å². The Labute approximate surface area is 232 Å². The molecule has 0 aromatic heterocycles. The molecule has 202 valence electrons. The maximum atomic E-state index is 10.4. The Morgan fingerprint density at radius 3 is 2.23 bits per heavy atom. The van der Waals surface area contributed by atoms with Gasteiger partial charge in [0.05, 0.1) is 15.7 Å². The zero-order valence-electron chi connectivity index (χ0n) is 23.0. The highest BCUT2D eigenvalue weighted by Gasteiger charge is 2.45. The van der Waals surface area contributed by atoms with Crippen LogP contribution in [0.3, 0.4) is 0 Å². The van der Waals surface area contributed by atoms with E-state index in [2.05, 4.69) is 104 Å². The SMILES string of the molecule is CCCC[N+]1=C(C=CNc2ccccc2)C(C)(C)c2ccc3ccccc3c21.Cc1ccc(S(=O)(=O)[O-])cc1. The molecule has 0 aliphatic carbocycles. The lowest BCUT2D eigenvalue weighted by Crippen LogP contribution is -2.28. The lowest BCUT2D eigenvalue weighted by molar-refractivity contribution is -0.436. The van der Waals surface area contributed by atoms with Gasteiger partial charge in [-0.25, -0.2) is 8.42 Å². The van der Waals surface area contributed by atoms with Gasteiger partial charge in [-0.3, -0.25) is 0 Å². The lowest BCUT2D eigenvalue weighted by atomic mass is 9.81. The summed E-state index contributed by atoms with van der Waals surface area (Å²) >= 11 is 0. The van der Waals surface area contributed by atoms with Crippen LogP contribution in [0.5, 0.6) is 0 Å². The molecule has 5 rings (SSSR count). The number of benzene rings is 4. The van der Waals surface area contributed by atoms with Crippen molar-refractivity contribution in [1.82, 2.24) is 0 Å². The van der Waals surface area contributed by atoms with Gasteiger partial charge in [-0.2, -0.15) is 4.58 Å². The molecule has 0 saturated heterocycles. The number of hydrogen-bond donors (Lipinski definition) is 1. The van der Waals surface area contributed by atoms with Crippen LogP contribution in [0.15, 0.2) is 108 Å². The van der Waals surface area contributed by atoms with Crippen LogP contribution in [0.1, 0.15) is 44.7 Å². The summed E-state index contributed by atoms with van der Waals surface area (Å²) in [6, 6.07) is 29.4. The number of hydrogen-bond acceptors (Lipinski definition) is 4. The molecule has 0 fully saturated rings. The van der Waals surface area contributed by atoms with Gasteiger partial charge in [0.15, 0.2) is 5.71 Å². The molecule has 4 aromatic carbocycles. The van der Waals surface area contributed by atoms with Crippen LogP contribution >= 0.6 is 0 Å². The minimum absolute atomic E-state index is 0.0258. The standard InChI is InChI=1S/C26H28N2.C7H8O3S/c1-4-5-19-28-24(17-18-27-21-12-7-6-8-13-21)26(2,3)23-16-15-20-11-9-10-14-22(20)25(23)28;1-6-2-4-7(5-3-6)11(8,9)10/h6-18H,4-5,19H2,1-3H3;2-5H,1H3,(H,8,9,10). The topological polar surface area (TPSA) is 72.2 Å². The predicted octanol–water partition coefficient (Wildman–Crippen LogP) is 7.54. The quantitative estimate of drug-likeness (QED) is 0.194. The molecule has 39 heavy (non-hydrogen) atoms. The average molecular weight is 541 g/mol. The molecule has 0 saturated carbocycles. The van der Waals surface area contributed by atoms with E-state index in [-0.39, 0.29) is 10.3 Å². The van der Waals surface area contributed by atoms with E-state index in [1.165, 1.54) is 52.7 Å². The second kappa shape index (κ2) is 12.0. The molecule has 1 heterocycles. The monoisotopic (exact) mass is 540 g/mol. The zero-order chi connectivity index (χ0) is 28.0. The summed E-state index contributed by atoms with van der Waals surface area (Å²) in [6.07, 6.45) is 6.72. The normalized spacial score (nSPS) is 14.3. The van der Waals surface area contributed by atoms with Crippen LogP contribution < -0.4 is 5.32 Å².